The first-order chi connectivity index (χ1) is 9.85. The first-order valence-electron chi connectivity index (χ1n) is 6.32. The number of aryl methyl sites for hydroxylation is 1. The lowest BCUT2D eigenvalue weighted by atomic mass is 10.2. The molecule has 0 aliphatic heterocycles. The largest absolute Gasteiger partial charge is 0.191 e. The predicted molar refractivity (Wildman–Crippen MR) is 83.5 cm³/mol. The fourth-order valence-corrected chi connectivity index (χ4v) is 3.74. The number of rotatable bonds is 4. The summed E-state index contributed by atoms with van der Waals surface area (Å²) in [6.07, 6.45) is 0.867. The topological polar surface area (TPSA) is 47.6 Å². The highest BCUT2D eigenvalue weighted by atomic mass is 32.2. The maximum Gasteiger partial charge on any atom is 0.157 e. The van der Waals surface area contributed by atoms with E-state index in [1.807, 2.05) is 48.5 Å². The second kappa shape index (κ2) is 7.28. The van der Waals surface area contributed by atoms with Gasteiger partial charge in [-0.15, -0.1) is 10.5 Å². The average Bonchev–Trinajstić information content (AvgIpc) is 2.53. The fraction of sp³-hybridized carbons (Fsp3) is 0.118. The summed E-state index contributed by atoms with van der Waals surface area (Å²) in [6, 6.07) is 24.1. The van der Waals surface area contributed by atoms with Crippen molar-refractivity contribution in [3.8, 4) is 12.1 Å². The Bertz CT molecular complexity index is 660. The van der Waals surface area contributed by atoms with E-state index < -0.39 is 10.5 Å². The molecular weight excluding hydrogens is 264 g/mol. The molecule has 0 aromatic heterocycles. The number of benzene rings is 2. The van der Waals surface area contributed by atoms with Gasteiger partial charge in [0.2, 0.25) is 0 Å². The zero-order valence-corrected chi connectivity index (χ0v) is 11.8. The summed E-state index contributed by atoms with van der Waals surface area (Å²) in [5, 5.41) is 18.3. The monoisotopic (exact) mass is 278 g/mol. The Hall–Kier alpha value is -2.36. The van der Waals surface area contributed by atoms with Gasteiger partial charge in [-0.3, -0.25) is 0 Å². The summed E-state index contributed by atoms with van der Waals surface area (Å²) in [4.78, 5) is 1.37. The van der Waals surface area contributed by atoms with Crippen LogP contribution in [0, 0.1) is 22.7 Å². The van der Waals surface area contributed by atoms with Crippen LogP contribution >= 0.6 is 10.5 Å². The van der Waals surface area contributed by atoms with Crippen LogP contribution in [0.25, 0.3) is 0 Å². The van der Waals surface area contributed by atoms with Gasteiger partial charge in [0, 0.05) is 4.90 Å². The number of nitrogens with zero attached hydrogens (tertiary/aromatic N) is 2. The van der Waals surface area contributed by atoms with Crippen molar-refractivity contribution in [3.63, 3.8) is 0 Å². The minimum Gasteiger partial charge on any atom is -0.191 e. The first kappa shape index (κ1) is 14.1. The van der Waals surface area contributed by atoms with Crippen molar-refractivity contribution >= 4 is 15.3 Å². The van der Waals surface area contributed by atoms with E-state index in [4.69, 9.17) is 10.5 Å². The second-order valence-electron chi connectivity index (χ2n) is 4.20. The van der Waals surface area contributed by atoms with E-state index in [1.165, 1.54) is 5.56 Å². The SMILES string of the molecule is N#CC(C#N)=S(CCc1ccccc1)c1ccccc1. The molecule has 2 rings (SSSR count). The molecule has 0 aliphatic rings. The molecule has 0 saturated carbocycles. The molecule has 0 amide bonds. The molecule has 0 N–H and O–H groups in total. The molecule has 2 nitrogen and oxygen atoms in total. The van der Waals surface area contributed by atoms with Crippen molar-refractivity contribution in [1.29, 1.82) is 10.5 Å². The highest BCUT2D eigenvalue weighted by molar-refractivity contribution is 8.16. The normalized spacial score (nSPS) is 11.1. The molecular formula is C17H14N2S. The summed E-state index contributed by atoms with van der Waals surface area (Å²) >= 11 is 0. The zero-order valence-electron chi connectivity index (χ0n) is 11.0. The lowest BCUT2D eigenvalue weighted by Gasteiger charge is -2.10. The molecule has 0 bridgehead atoms. The van der Waals surface area contributed by atoms with Crippen molar-refractivity contribution in [2.24, 2.45) is 0 Å². The fourth-order valence-electron chi connectivity index (χ4n) is 1.92. The van der Waals surface area contributed by atoms with E-state index in [0.717, 1.165) is 17.1 Å². The summed E-state index contributed by atoms with van der Waals surface area (Å²) in [7, 11) is -0.432. The van der Waals surface area contributed by atoms with Gasteiger partial charge in [0.15, 0.2) is 4.86 Å². The van der Waals surface area contributed by atoms with E-state index in [9.17, 15) is 0 Å². The quantitative estimate of drug-likeness (QED) is 0.799. The van der Waals surface area contributed by atoms with Crippen molar-refractivity contribution in [1.82, 2.24) is 0 Å². The molecule has 1 atom stereocenters. The number of hydrogen-bond acceptors (Lipinski definition) is 2. The third-order valence-electron chi connectivity index (χ3n) is 2.91. The van der Waals surface area contributed by atoms with Crippen LogP contribution < -0.4 is 0 Å². The average molecular weight is 278 g/mol. The van der Waals surface area contributed by atoms with Crippen LogP contribution in [0.4, 0.5) is 0 Å². The molecule has 0 radical (unpaired) electrons. The molecule has 0 aliphatic carbocycles. The summed E-state index contributed by atoms with van der Waals surface area (Å²) < 4.78 is 0. The Morgan fingerprint density at radius 3 is 1.95 bits per heavy atom. The van der Waals surface area contributed by atoms with Gasteiger partial charge in [0.05, 0.1) is 0 Å². The molecule has 3 heteroatoms. The molecule has 2 aromatic carbocycles. The van der Waals surface area contributed by atoms with Gasteiger partial charge in [0.1, 0.15) is 12.1 Å². The van der Waals surface area contributed by atoms with Gasteiger partial charge in [-0.25, -0.2) is 0 Å². The minimum absolute atomic E-state index is 0.312. The standard InChI is InChI=1S/C17H14N2S/c18-13-17(14-19)20(16-9-5-2-6-10-16)12-11-15-7-3-1-4-8-15/h1-10H,11-12H2. The molecule has 20 heavy (non-hydrogen) atoms. The number of hydrogen-bond donors (Lipinski definition) is 0. The van der Waals surface area contributed by atoms with Crippen LogP contribution in [0.15, 0.2) is 65.6 Å². The van der Waals surface area contributed by atoms with Crippen LogP contribution in [0.2, 0.25) is 0 Å². The van der Waals surface area contributed by atoms with E-state index >= 15 is 0 Å². The van der Waals surface area contributed by atoms with E-state index in [1.54, 1.807) is 0 Å². The van der Waals surface area contributed by atoms with Crippen LogP contribution in [0.5, 0.6) is 0 Å². The van der Waals surface area contributed by atoms with Gasteiger partial charge in [-0.05, 0) is 29.9 Å². The summed E-state index contributed by atoms with van der Waals surface area (Å²) in [6.45, 7) is 0. The van der Waals surface area contributed by atoms with Gasteiger partial charge in [-0.2, -0.15) is 10.5 Å². The Morgan fingerprint density at radius 1 is 0.850 bits per heavy atom. The highest BCUT2D eigenvalue weighted by Crippen LogP contribution is 2.28. The van der Waals surface area contributed by atoms with Crippen molar-refractivity contribution in [3.05, 3.63) is 66.2 Å². The lowest BCUT2D eigenvalue weighted by molar-refractivity contribution is 1.15. The molecule has 0 fully saturated rings. The van der Waals surface area contributed by atoms with Gasteiger partial charge in [0.25, 0.3) is 0 Å². The predicted octanol–water partition coefficient (Wildman–Crippen LogP) is 3.78. The summed E-state index contributed by atoms with van der Waals surface area (Å²) in [5.74, 6) is 0.796. The van der Waals surface area contributed by atoms with Crippen molar-refractivity contribution in [2.45, 2.75) is 11.3 Å². The van der Waals surface area contributed by atoms with Crippen LogP contribution in [-0.4, -0.2) is 10.6 Å². The Kier molecular flexibility index (Phi) is 5.12. The molecule has 1 unspecified atom stereocenters. The smallest absolute Gasteiger partial charge is 0.157 e. The number of nitriles is 2. The van der Waals surface area contributed by atoms with Crippen molar-refractivity contribution in [2.75, 3.05) is 5.75 Å². The molecule has 2 aromatic rings. The van der Waals surface area contributed by atoms with Gasteiger partial charge < -0.3 is 0 Å². The van der Waals surface area contributed by atoms with Crippen LogP contribution in [0.3, 0.4) is 0 Å². The van der Waals surface area contributed by atoms with Crippen molar-refractivity contribution < 1.29 is 0 Å². The third kappa shape index (κ3) is 3.57. The second-order valence-corrected chi connectivity index (χ2v) is 6.27. The van der Waals surface area contributed by atoms with E-state index in [2.05, 4.69) is 24.3 Å². The van der Waals surface area contributed by atoms with Gasteiger partial charge >= 0.3 is 0 Å². The van der Waals surface area contributed by atoms with E-state index in [-0.39, 0.29) is 0 Å². The molecule has 0 spiro atoms. The lowest BCUT2D eigenvalue weighted by Crippen LogP contribution is -1.98. The van der Waals surface area contributed by atoms with Crippen LogP contribution in [-0.2, 0) is 6.42 Å². The Balaban J connectivity index is 2.29. The maximum atomic E-state index is 9.15. The first-order valence-corrected chi connectivity index (χ1v) is 7.71. The Morgan fingerprint density at radius 2 is 1.40 bits per heavy atom. The molecule has 0 heterocycles. The zero-order chi connectivity index (χ0) is 14.2. The van der Waals surface area contributed by atoms with Gasteiger partial charge in [-0.1, -0.05) is 48.5 Å². The maximum absolute atomic E-state index is 9.15. The Labute approximate surface area is 121 Å². The van der Waals surface area contributed by atoms with E-state index in [0.29, 0.717) is 4.86 Å². The molecule has 98 valence electrons. The summed E-state index contributed by atoms with van der Waals surface area (Å²) in [5.41, 5.74) is 1.23. The minimum atomic E-state index is -0.432. The third-order valence-corrected chi connectivity index (χ3v) is 5.04. The molecule has 0 saturated heterocycles. The van der Waals surface area contributed by atoms with Crippen LogP contribution in [0.1, 0.15) is 5.56 Å². The highest BCUT2D eigenvalue weighted by Gasteiger charge is 2.07.